The lowest BCUT2D eigenvalue weighted by Gasteiger charge is -2.45. The van der Waals surface area contributed by atoms with Crippen molar-refractivity contribution >= 4 is 27.5 Å². The first kappa shape index (κ1) is 28.4. The zero-order valence-corrected chi connectivity index (χ0v) is 23.6. The average molecular weight is 524 g/mol. The molecule has 0 radical (unpaired) electrons. The Morgan fingerprint density at radius 2 is 1.83 bits per heavy atom. The van der Waals surface area contributed by atoms with Crippen LogP contribution in [0.15, 0.2) is 23.1 Å². The maximum atomic E-state index is 13.6. The van der Waals surface area contributed by atoms with Gasteiger partial charge in [0.25, 0.3) is 0 Å². The molecule has 202 valence electrons. The quantitative estimate of drug-likeness (QED) is 0.565. The molecule has 1 saturated heterocycles. The van der Waals surface area contributed by atoms with Crippen molar-refractivity contribution in [3.05, 3.63) is 23.8 Å². The fourth-order valence-electron chi connectivity index (χ4n) is 4.94. The Hall–Kier alpha value is -2.17. The van der Waals surface area contributed by atoms with Gasteiger partial charge >= 0.3 is 6.09 Å². The number of rotatable bonds is 6. The van der Waals surface area contributed by atoms with Gasteiger partial charge in [0.15, 0.2) is 9.84 Å². The summed E-state index contributed by atoms with van der Waals surface area (Å²) in [5.74, 6) is -0.103. The number of fused-ring (bicyclic) bond motifs is 1. The molecule has 2 amide bonds. The Labute approximate surface area is 215 Å². The van der Waals surface area contributed by atoms with Gasteiger partial charge in [-0.2, -0.15) is 0 Å². The molecule has 0 unspecified atom stereocenters. The van der Waals surface area contributed by atoms with Crippen LogP contribution >= 0.6 is 0 Å². The van der Waals surface area contributed by atoms with E-state index in [4.69, 9.17) is 9.47 Å². The second-order valence-electron chi connectivity index (χ2n) is 11.5. The Balaban J connectivity index is 1.82. The molecule has 1 aromatic carbocycles. The largest absolute Gasteiger partial charge is 0.444 e. The molecule has 36 heavy (non-hydrogen) atoms. The average Bonchev–Trinajstić information content (AvgIpc) is 3.04. The van der Waals surface area contributed by atoms with Gasteiger partial charge in [-0.1, -0.05) is 26.8 Å². The normalized spacial score (nSPS) is 22.4. The minimum absolute atomic E-state index is 0.00163. The summed E-state index contributed by atoms with van der Waals surface area (Å²) in [6.45, 7) is 15.0. The predicted octanol–water partition coefficient (Wildman–Crippen LogP) is 3.06. The van der Waals surface area contributed by atoms with Gasteiger partial charge in [-0.3, -0.25) is 9.69 Å². The Bertz CT molecular complexity index is 1100. The van der Waals surface area contributed by atoms with Crippen LogP contribution in [0.3, 0.4) is 0 Å². The fraction of sp³-hybridized carbons (Fsp3) is 0.692. The van der Waals surface area contributed by atoms with Crippen LogP contribution in [0.1, 0.15) is 54.0 Å². The number of piperazine rings is 1. The maximum absolute atomic E-state index is 13.6. The minimum atomic E-state index is -3.40. The predicted molar refractivity (Wildman–Crippen MR) is 139 cm³/mol. The zero-order valence-electron chi connectivity index (χ0n) is 22.8. The molecule has 2 heterocycles. The molecule has 0 aromatic heterocycles. The van der Waals surface area contributed by atoms with E-state index in [1.54, 1.807) is 36.0 Å². The van der Waals surface area contributed by atoms with Gasteiger partial charge in [0.2, 0.25) is 5.91 Å². The van der Waals surface area contributed by atoms with E-state index in [1.807, 2.05) is 33.8 Å². The lowest BCUT2D eigenvalue weighted by Crippen LogP contribution is -2.62. The maximum Gasteiger partial charge on any atom is 0.410 e. The summed E-state index contributed by atoms with van der Waals surface area (Å²) in [7, 11) is -1.80. The van der Waals surface area contributed by atoms with Crippen molar-refractivity contribution in [1.29, 1.82) is 0 Å². The standard InChI is InChI=1S/C26H41N3O6S/c1-9-36(32,33)20-10-11-21-22(12-20)29(17-26(21,6)7)23(30)15-27-13-18(2)28(14-19(27)16-34-8)24(31)35-25(3,4)5/h10-12,18-19H,9,13-17H2,1-8H3/t18-,19-/m1/s1. The third kappa shape index (κ3) is 6.03. The van der Waals surface area contributed by atoms with E-state index in [0.29, 0.717) is 31.9 Å². The molecule has 3 rings (SSSR count). The Kier molecular flexibility index (Phi) is 8.13. The lowest BCUT2D eigenvalue weighted by atomic mass is 9.87. The van der Waals surface area contributed by atoms with Gasteiger partial charge in [-0.15, -0.1) is 0 Å². The molecule has 0 saturated carbocycles. The van der Waals surface area contributed by atoms with E-state index in [2.05, 4.69) is 18.7 Å². The van der Waals surface area contributed by atoms with Gasteiger partial charge in [0, 0.05) is 43.9 Å². The van der Waals surface area contributed by atoms with E-state index < -0.39 is 15.4 Å². The molecular formula is C26H41N3O6S. The third-order valence-electron chi connectivity index (χ3n) is 6.86. The summed E-state index contributed by atoms with van der Waals surface area (Å²) >= 11 is 0. The van der Waals surface area contributed by atoms with Crippen molar-refractivity contribution in [2.45, 2.75) is 76.5 Å². The zero-order chi connectivity index (χ0) is 27.1. The van der Waals surface area contributed by atoms with Gasteiger partial charge in [0.1, 0.15) is 5.60 Å². The minimum Gasteiger partial charge on any atom is -0.444 e. The molecule has 1 aromatic rings. The molecule has 1 fully saturated rings. The number of nitrogens with zero attached hydrogens (tertiary/aromatic N) is 3. The lowest BCUT2D eigenvalue weighted by molar-refractivity contribution is -0.121. The van der Waals surface area contributed by atoms with Crippen molar-refractivity contribution in [3.8, 4) is 0 Å². The molecule has 2 aliphatic rings. The van der Waals surface area contributed by atoms with Gasteiger partial charge < -0.3 is 19.3 Å². The number of amides is 2. The Morgan fingerprint density at radius 1 is 1.17 bits per heavy atom. The topological polar surface area (TPSA) is 96.5 Å². The number of hydrogen-bond donors (Lipinski definition) is 0. The summed E-state index contributed by atoms with van der Waals surface area (Å²) in [5, 5.41) is 0. The van der Waals surface area contributed by atoms with E-state index in [9.17, 15) is 18.0 Å². The first-order valence-corrected chi connectivity index (χ1v) is 14.1. The third-order valence-corrected chi connectivity index (χ3v) is 8.60. The summed E-state index contributed by atoms with van der Waals surface area (Å²) in [6, 6.07) is 4.78. The number of benzene rings is 1. The van der Waals surface area contributed by atoms with E-state index in [1.165, 1.54) is 0 Å². The SMILES string of the molecule is CCS(=O)(=O)c1ccc2c(c1)N(C(=O)CN1C[C@@H](C)N(C(=O)OC(C)(C)C)C[C@@H]1COC)CC2(C)C. The van der Waals surface area contributed by atoms with Crippen LogP contribution in [0.2, 0.25) is 0 Å². The summed E-state index contributed by atoms with van der Waals surface area (Å²) in [4.78, 5) is 32.1. The van der Waals surface area contributed by atoms with Gasteiger partial charge in [0.05, 0.1) is 29.8 Å². The molecule has 0 spiro atoms. The van der Waals surface area contributed by atoms with Crippen LogP contribution in [-0.2, 0) is 29.5 Å². The van der Waals surface area contributed by atoms with Crippen molar-refractivity contribution in [2.24, 2.45) is 0 Å². The number of carbonyl (C=O) groups is 2. The van der Waals surface area contributed by atoms with Crippen molar-refractivity contribution in [3.63, 3.8) is 0 Å². The smallest absolute Gasteiger partial charge is 0.410 e. The summed E-state index contributed by atoms with van der Waals surface area (Å²) in [5.41, 5.74) is 0.722. The van der Waals surface area contributed by atoms with Crippen LogP contribution in [0, 0.1) is 0 Å². The highest BCUT2D eigenvalue weighted by Gasteiger charge is 2.41. The van der Waals surface area contributed by atoms with E-state index >= 15 is 0 Å². The second-order valence-corrected chi connectivity index (χ2v) is 13.7. The molecule has 9 nitrogen and oxygen atoms in total. The van der Waals surface area contributed by atoms with E-state index in [0.717, 1.165) is 5.56 Å². The molecule has 2 aliphatic heterocycles. The van der Waals surface area contributed by atoms with Crippen LogP contribution in [-0.4, -0.2) is 93.6 Å². The van der Waals surface area contributed by atoms with Crippen LogP contribution < -0.4 is 4.90 Å². The highest BCUT2D eigenvalue weighted by molar-refractivity contribution is 7.91. The summed E-state index contributed by atoms with van der Waals surface area (Å²) in [6.07, 6.45) is -0.373. The highest BCUT2D eigenvalue weighted by Crippen LogP contribution is 2.42. The number of carbonyl (C=O) groups excluding carboxylic acids is 2. The van der Waals surface area contributed by atoms with Crippen LogP contribution in [0.4, 0.5) is 10.5 Å². The molecule has 0 bridgehead atoms. The number of anilines is 1. The molecule has 0 aliphatic carbocycles. The Morgan fingerprint density at radius 3 is 2.42 bits per heavy atom. The summed E-state index contributed by atoms with van der Waals surface area (Å²) < 4.78 is 36.0. The number of ether oxygens (including phenoxy) is 2. The number of methoxy groups -OCH3 is 1. The number of sulfone groups is 1. The molecule has 2 atom stereocenters. The van der Waals surface area contributed by atoms with Gasteiger partial charge in [-0.25, -0.2) is 13.2 Å². The van der Waals surface area contributed by atoms with E-state index in [-0.39, 0.29) is 46.7 Å². The monoisotopic (exact) mass is 523 g/mol. The molecule has 0 N–H and O–H groups in total. The molecule has 10 heteroatoms. The highest BCUT2D eigenvalue weighted by atomic mass is 32.2. The second kappa shape index (κ2) is 10.3. The molecular weight excluding hydrogens is 482 g/mol. The first-order valence-electron chi connectivity index (χ1n) is 12.5. The number of hydrogen-bond acceptors (Lipinski definition) is 7. The van der Waals surface area contributed by atoms with Gasteiger partial charge in [-0.05, 0) is 45.4 Å². The fourth-order valence-corrected chi connectivity index (χ4v) is 5.84. The van der Waals surface area contributed by atoms with Crippen molar-refractivity contribution in [2.75, 3.05) is 50.5 Å². The van der Waals surface area contributed by atoms with Crippen LogP contribution in [0.5, 0.6) is 0 Å². The van der Waals surface area contributed by atoms with Crippen LogP contribution in [0.25, 0.3) is 0 Å². The first-order chi connectivity index (χ1) is 16.6. The van der Waals surface area contributed by atoms with Crippen molar-refractivity contribution < 1.29 is 27.5 Å². The van der Waals surface area contributed by atoms with Crippen molar-refractivity contribution in [1.82, 2.24) is 9.80 Å².